The van der Waals surface area contributed by atoms with Crippen molar-refractivity contribution in [2.45, 2.75) is 38.5 Å². The molecule has 0 radical (unpaired) electrons. The number of nitrogens with one attached hydrogen (secondary N) is 1. The molecule has 3 nitrogen and oxygen atoms in total. The Bertz CT molecular complexity index is 425. The maximum atomic E-state index is 5.68. The van der Waals surface area contributed by atoms with Crippen molar-refractivity contribution in [3.8, 4) is 11.5 Å². The molecule has 2 unspecified atom stereocenters. The van der Waals surface area contributed by atoms with Crippen molar-refractivity contribution < 1.29 is 9.47 Å². The number of hydrogen-bond acceptors (Lipinski definition) is 4. The highest BCUT2D eigenvalue weighted by atomic mass is 32.2. The van der Waals surface area contributed by atoms with Crippen molar-refractivity contribution >= 4 is 11.8 Å². The number of fused-ring (bicyclic) bond motifs is 1. The Hall–Kier alpha value is -0.870. The quantitative estimate of drug-likeness (QED) is 0.832. The Morgan fingerprint density at radius 1 is 1.20 bits per heavy atom. The zero-order valence-electron chi connectivity index (χ0n) is 12.6. The predicted octanol–water partition coefficient (Wildman–Crippen LogP) is 3.64. The first-order valence-electron chi connectivity index (χ1n) is 7.49. The monoisotopic (exact) mass is 295 g/mol. The third-order valence-electron chi connectivity index (χ3n) is 3.54. The number of ether oxygens (including phenoxy) is 2. The van der Waals surface area contributed by atoms with Gasteiger partial charge < -0.3 is 14.8 Å². The van der Waals surface area contributed by atoms with Crippen LogP contribution in [0, 0.1) is 0 Å². The smallest absolute Gasteiger partial charge is 0.161 e. The van der Waals surface area contributed by atoms with Crippen molar-refractivity contribution in [3.63, 3.8) is 0 Å². The van der Waals surface area contributed by atoms with E-state index in [-0.39, 0.29) is 0 Å². The summed E-state index contributed by atoms with van der Waals surface area (Å²) in [5, 5.41) is 4.27. The minimum absolute atomic E-state index is 0.370. The third-order valence-corrected chi connectivity index (χ3v) is 4.97. The van der Waals surface area contributed by atoms with E-state index in [0.29, 0.717) is 24.5 Å². The molecule has 0 aromatic heterocycles. The first kappa shape index (κ1) is 15.5. The molecule has 2 rings (SSSR count). The van der Waals surface area contributed by atoms with Crippen LogP contribution in [0.15, 0.2) is 18.2 Å². The summed E-state index contributed by atoms with van der Waals surface area (Å²) in [6.45, 7) is 8.94. The molecule has 4 heteroatoms. The van der Waals surface area contributed by atoms with E-state index in [0.717, 1.165) is 23.8 Å². The molecular weight excluding hydrogens is 270 g/mol. The van der Waals surface area contributed by atoms with Gasteiger partial charge in [-0.1, -0.05) is 26.8 Å². The molecule has 0 saturated carbocycles. The molecule has 1 heterocycles. The standard InChI is InChI=1S/C16H25NO2S/c1-4-12(3)20-11-14(17-5-2)13-6-7-15-16(10-13)19-9-8-18-15/h6-7,10,12,14,17H,4-5,8-9,11H2,1-3H3. The molecule has 1 aliphatic rings. The number of thioether (sulfide) groups is 1. The summed E-state index contributed by atoms with van der Waals surface area (Å²) < 4.78 is 11.3. The van der Waals surface area contributed by atoms with Crippen molar-refractivity contribution in [2.24, 2.45) is 0 Å². The Morgan fingerprint density at radius 2 is 1.95 bits per heavy atom. The van der Waals surface area contributed by atoms with Gasteiger partial charge in [0.05, 0.1) is 0 Å². The maximum absolute atomic E-state index is 5.68. The van der Waals surface area contributed by atoms with Crippen LogP contribution in [0.3, 0.4) is 0 Å². The summed E-state index contributed by atoms with van der Waals surface area (Å²) in [7, 11) is 0. The molecule has 1 N–H and O–H groups in total. The number of rotatable bonds is 7. The van der Waals surface area contributed by atoms with E-state index in [1.54, 1.807) is 0 Å². The van der Waals surface area contributed by atoms with Gasteiger partial charge in [-0.2, -0.15) is 11.8 Å². The maximum Gasteiger partial charge on any atom is 0.161 e. The minimum Gasteiger partial charge on any atom is -0.486 e. The largest absolute Gasteiger partial charge is 0.486 e. The van der Waals surface area contributed by atoms with Gasteiger partial charge in [-0.25, -0.2) is 0 Å². The molecule has 0 aliphatic carbocycles. The summed E-state index contributed by atoms with van der Waals surface area (Å²) in [4.78, 5) is 0. The SMILES string of the molecule is CCNC(CSC(C)CC)c1ccc2c(c1)OCCO2. The summed E-state index contributed by atoms with van der Waals surface area (Å²) >= 11 is 2.02. The van der Waals surface area contributed by atoms with Crippen LogP contribution in [0.1, 0.15) is 38.8 Å². The van der Waals surface area contributed by atoms with Gasteiger partial charge in [-0.15, -0.1) is 0 Å². The Labute approximate surface area is 126 Å². The van der Waals surface area contributed by atoms with Gasteiger partial charge in [-0.05, 0) is 30.7 Å². The minimum atomic E-state index is 0.370. The van der Waals surface area contributed by atoms with Crippen LogP contribution < -0.4 is 14.8 Å². The van der Waals surface area contributed by atoms with Crippen LogP contribution in [0.25, 0.3) is 0 Å². The second-order valence-corrected chi connectivity index (χ2v) is 6.54. The molecule has 0 saturated heterocycles. The van der Waals surface area contributed by atoms with Crippen LogP contribution in [0.5, 0.6) is 11.5 Å². The van der Waals surface area contributed by atoms with E-state index in [1.165, 1.54) is 12.0 Å². The first-order chi connectivity index (χ1) is 9.74. The highest BCUT2D eigenvalue weighted by Crippen LogP contribution is 2.33. The highest BCUT2D eigenvalue weighted by Gasteiger charge is 2.17. The first-order valence-corrected chi connectivity index (χ1v) is 8.54. The van der Waals surface area contributed by atoms with Gasteiger partial charge >= 0.3 is 0 Å². The number of benzene rings is 1. The Kier molecular flexibility index (Phi) is 6.05. The summed E-state index contributed by atoms with van der Waals surface area (Å²) in [6, 6.07) is 6.67. The molecule has 0 spiro atoms. The molecule has 112 valence electrons. The molecule has 0 fully saturated rings. The second-order valence-electron chi connectivity index (χ2n) is 5.07. The summed E-state index contributed by atoms with van der Waals surface area (Å²) in [6.07, 6.45) is 1.21. The average molecular weight is 295 g/mol. The van der Waals surface area contributed by atoms with E-state index < -0.39 is 0 Å². The number of hydrogen-bond donors (Lipinski definition) is 1. The van der Waals surface area contributed by atoms with E-state index in [1.807, 2.05) is 17.8 Å². The van der Waals surface area contributed by atoms with Gasteiger partial charge in [0.25, 0.3) is 0 Å². The molecular formula is C16H25NO2S. The van der Waals surface area contributed by atoms with Gasteiger partial charge in [0.15, 0.2) is 11.5 Å². The fourth-order valence-corrected chi connectivity index (χ4v) is 3.24. The lowest BCUT2D eigenvalue weighted by Gasteiger charge is -2.23. The molecule has 2 atom stereocenters. The zero-order chi connectivity index (χ0) is 14.4. The molecule has 0 amide bonds. The van der Waals surface area contributed by atoms with E-state index in [4.69, 9.17) is 9.47 Å². The van der Waals surface area contributed by atoms with Crippen LogP contribution in [0.2, 0.25) is 0 Å². The van der Waals surface area contributed by atoms with Gasteiger partial charge in [0, 0.05) is 17.0 Å². The van der Waals surface area contributed by atoms with Crippen LogP contribution >= 0.6 is 11.8 Å². The van der Waals surface area contributed by atoms with Crippen LogP contribution in [0.4, 0.5) is 0 Å². The van der Waals surface area contributed by atoms with Crippen molar-refractivity contribution in [1.82, 2.24) is 5.32 Å². The average Bonchev–Trinajstić information content (AvgIpc) is 2.50. The summed E-state index contributed by atoms with van der Waals surface area (Å²) in [5.74, 6) is 2.83. The van der Waals surface area contributed by atoms with E-state index >= 15 is 0 Å². The zero-order valence-corrected chi connectivity index (χ0v) is 13.5. The second kappa shape index (κ2) is 7.79. The van der Waals surface area contributed by atoms with Crippen LogP contribution in [-0.2, 0) is 0 Å². The third kappa shape index (κ3) is 4.06. The molecule has 20 heavy (non-hydrogen) atoms. The lowest BCUT2D eigenvalue weighted by Crippen LogP contribution is -2.24. The van der Waals surface area contributed by atoms with Crippen molar-refractivity contribution in [2.75, 3.05) is 25.5 Å². The molecule has 1 aliphatic heterocycles. The van der Waals surface area contributed by atoms with Crippen molar-refractivity contribution in [3.05, 3.63) is 23.8 Å². The highest BCUT2D eigenvalue weighted by molar-refractivity contribution is 7.99. The molecule has 1 aromatic rings. The predicted molar refractivity (Wildman–Crippen MR) is 86.1 cm³/mol. The van der Waals surface area contributed by atoms with E-state index in [2.05, 4.69) is 38.2 Å². The van der Waals surface area contributed by atoms with Gasteiger partial charge in [0.2, 0.25) is 0 Å². The Balaban J connectivity index is 2.07. The molecule has 0 bridgehead atoms. The lowest BCUT2D eigenvalue weighted by atomic mass is 10.1. The topological polar surface area (TPSA) is 30.5 Å². The van der Waals surface area contributed by atoms with E-state index in [9.17, 15) is 0 Å². The fraction of sp³-hybridized carbons (Fsp3) is 0.625. The van der Waals surface area contributed by atoms with Gasteiger partial charge in [0.1, 0.15) is 13.2 Å². The molecule has 1 aromatic carbocycles. The normalized spacial score (nSPS) is 16.8. The Morgan fingerprint density at radius 3 is 2.65 bits per heavy atom. The lowest BCUT2D eigenvalue weighted by molar-refractivity contribution is 0.171. The summed E-state index contributed by atoms with van der Waals surface area (Å²) in [5.41, 5.74) is 1.28. The van der Waals surface area contributed by atoms with Crippen LogP contribution in [-0.4, -0.2) is 30.8 Å². The van der Waals surface area contributed by atoms with Crippen molar-refractivity contribution in [1.29, 1.82) is 0 Å². The van der Waals surface area contributed by atoms with Gasteiger partial charge in [-0.3, -0.25) is 0 Å². The fourth-order valence-electron chi connectivity index (χ4n) is 2.17.